The molecule has 0 aromatic heterocycles. The summed E-state index contributed by atoms with van der Waals surface area (Å²) in [5.41, 5.74) is 4.07. The molecule has 8 nitrogen and oxygen atoms in total. The van der Waals surface area contributed by atoms with Gasteiger partial charge in [0.1, 0.15) is 17.9 Å². The van der Waals surface area contributed by atoms with E-state index in [1.54, 1.807) is 67.6 Å². The molecule has 0 radical (unpaired) electrons. The molecule has 50 heavy (non-hydrogen) atoms. The predicted molar refractivity (Wildman–Crippen MR) is 198 cm³/mol. The van der Waals surface area contributed by atoms with Gasteiger partial charge in [-0.2, -0.15) is 10.3 Å². The highest BCUT2D eigenvalue weighted by atomic mass is 32.2. The van der Waals surface area contributed by atoms with Crippen molar-refractivity contribution in [2.24, 2.45) is 4.99 Å². The second-order valence-corrected chi connectivity index (χ2v) is 11.9. The Bertz CT molecular complexity index is 1990. The molecule has 0 fully saturated rings. The van der Waals surface area contributed by atoms with Gasteiger partial charge in [-0.25, -0.2) is 0 Å². The van der Waals surface area contributed by atoms with Gasteiger partial charge in [0.15, 0.2) is 5.17 Å². The summed E-state index contributed by atoms with van der Waals surface area (Å²) in [4.78, 5) is 46.3. The maximum atomic E-state index is 14.0. The molecule has 0 unspecified atom stereocenters. The van der Waals surface area contributed by atoms with Crippen molar-refractivity contribution < 1.29 is 19.1 Å². The summed E-state index contributed by atoms with van der Waals surface area (Å²) in [6.45, 7) is 5.70. The van der Waals surface area contributed by atoms with E-state index in [1.165, 1.54) is 11.0 Å². The third kappa shape index (κ3) is 8.81. The first-order valence-corrected chi connectivity index (χ1v) is 16.8. The summed E-state index contributed by atoms with van der Waals surface area (Å²) in [6.07, 6.45) is 8.15. The number of ether oxygens (including phenoxy) is 1. The minimum Gasteiger partial charge on any atom is -0.489 e. The number of aliphatic imine (C=N–C) groups is 1. The van der Waals surface area contributed by atoms with Crippen molar-refractivity contribution in [2.45, 2.75) is 19.6 Å². The molecule has 0 atom stereocenters. The van der Waals surface area contributed by atoms with Crippen molar-refractivity contribution in [3.05, 3.63) is 179 Å². The number of amidine groups is 1. The average molecular weight is 679 g/mol. The molecule has 248 valence electrons. The van der Waals surface area contributed by atoms with Gasteiger partial charge in [-0.15, -0.1) is 0 Å². The van der Waals surface area contributed by atoms with Crippen LogP contribution < -0.4 is 10.1 Å². The van der Waals surface area contributed by atoms with Crippen LogP contribution in [0.4, 0.5) is 0 Å². The first-order chi connectivity index (χ1) is 24.4. The topological polar surface area (TPSA) is 112 Å². The summed E-state index contributed by atoms with van der Waals surface area (Å²) < 4.78 is 5.86. The maximum Gasteiger partial charge on any atom is 0.285 e. The molecule has 0 bridgehead atoms. The Morgan fingerprint density at radius 3 is 2.22 bits per heavy atom. The predicted octanol–water partition coefficient (Wildman–Crippen LogP) is 7.53. The van der Waals surface area contributed by atoms with Crippen LogP contribution in [-0.4, -0.2) is 33.5 Å². The van der Waals surface area contributed by atoms with E-state index in [0.29, 0.717) is 22.6 Å². The van der Waals surface area contributed by atoms with Gasteiger partial charge in [-0.3, -0.25) is 19.3 Å². The summed E-state index contributed by atoms with van der Waals surface area (Å²) in [5.74, 6) is -1.11. The molecule has 5 rings (SSSR count). The van der Waals surface area contributed by atoms with E-state index in [9.17, 15) is 19.6 Å². The fraction of sp³-hybridized carbons (Fsp3) is 0.0976. The first-order valence-electron chi connectivity index (χ1n) is 15.8. The van der Waals surface area contributed by atoms with E-state index < -0.39 is 11.8 Å². The fourth-order valence-electron chi connectivity index (χ4n) is 5.14. The second kappa shape index (κ2) is 17.2. The smallest absolute Gasteiger partial charge is 0.285 e. The van der Waals surface area contributed by atoms with Gasteiger partial charge in [0.25, 0.3) is 11.8 Å². The van der Waals surface area contributed by atoms with E-state index in [1.807, 2.05) is 72.8 Å². The number of nitriles is 1. The molecule has 1 aliphatic heterocycles. The van der Waals surface area contributed by atoms with E-state index in [-0.39, 0.29) is 35.0 Å². The quantitative estimate of drug-likeness (QED) is 0.0942. The van der Waals surface area contributed by atoms with Crippen molar-refractivity contribution >= 4 is 40.7 Å². The molecule has 0 saturated heterocycles. The van der Waals surface area contributed by atoms with Crippen molar-refractivity contribution in [3.8, 4) is 11.8 Å². The SMILES string of the molecule is C=C/C=C\C(=C/C)N1C(=O)/C(=C/c2ccc(OCc3ccccc3C#N)cc2)C(=O)N=C1SCC(=O)NC(c1ccccc1)c1ccccc1. The zero-order chi connectivity index (χ0) is 35.3. The number of allylic oxidation sites excluding steroid dienone is 4. The van der Waals surface area contributed by atoms with Crippen LogP contribution in [0.3, 0.4) is 0 Å². The molecular formula is C41H34N4O4S. The van der Waals surface area contributed by atoms with E-state index in [2.05, 4.69) is 23.0 Å². The molecule has 9 heteroatoms. The number of amides is 3. The van der Waals surface area contributed by atoms with E-state index in [0.717, 1.165) is 28.5 Å². The number of nitrogens with one attached hydrogen (secondary N) is 1. The minimum atomic E-state index is -0.711. The number of rotatable bonds is 12. The van der Waals surface area contributed by atoms with Crippen LogP contribution in [0.25, 0.3) is 6.08 Å². The van der Waals surface area contributed by atoms with Gasteiger partial charge in [-0.1, -0.05) is 128 Å². The average Bonchev–Trinajstić information content (AvgIpc) is 3.16. The normalized spacial score (nSPS) is 14.1. The lowest BCUT2D eigenvalue weighted by Crippen LogP contribution is -2.42. The Balaban J connectivity index is 1.35. The zero-order valence-corrected chi connectivity index (χ0v) is 28.2. The van der Waals surface area contributed by atoms with Crippen molar-refractivity contribution in [1.29, 1.82) is 5.26 Å². The number of thioether (sulfide) groups is 1. The third-order valence-electron chi connectivity index (χ3n) is 7.64. The van der Waals surface area contributed by atoms with Crippen LogP contribution in [0.15, 0.2) is 156 Å². The maximum absolute atomic E-state index is 14.0. The van der Waals surface area contributed by atoms with Crippen LogP contribution >= 0.6 is 11.8 Å². The molecular weight excluding hydrogens is 645 g/mol. The second-order valence-electron chi connectivity index (χ2n) is 10.9. The molecule has 1 N–H and O–H groups in total. The van der Waals surface area contributed by atoms with Crippen LogP contribution in [0.5, 0.6) is 5.75 Å². The number of carbonyl (C=O) groups is 3. The van der Waals surface area contributed by atoms with Gasteiger partial charge in [0.2, 0.25) is 5.91 Å². The van der Waals surface area contributed by atoms with Gasteiger partial charge in [-0.05, 0) is 54.0 Å². The molecule has 3 amide bonds. The Morgan fingerprint density at radius 2 is 1.60 bits per heavy atom. The number of benzene rings is 4. The molecule has 0 aliphatic carbocycles. The Hall–Kier alpha value is -6.24. The highest BCUT2D eigenvalue weighted by molar-refractivity contribution is 8.14. The van der Waals surface area contributed by atoms with Crippen molar-refractivity contribution in [3.63, 3.8) is 0 Å². The number of nitrogens with zero attached hydrogens (tertiary/aromatic N) is 3. The molecule has 0 spiro atoms. The van der Waals surface area contributed by atoms with Crippen LogP contribution in [0.1, 0.15) is 40.8 Å². The molecule has 0 saturated carbocycles. The fourth-order valence-corrected chi connectivity index (χ4v) is 5.94. The number of carbonyl (C=O) groups excluding carboxylic acids is 3. The number of hydrogen-bond acceptors (Lipinski definition) is 6. The van der Waals surface area contributed by atoms with E-state index >= 15 is 0 Å². The van der Waals surface area contributed by atoms with Crippen LogP contribution in [0, 0.1) is 11.3 Å². The van der Waals surface area contributed by atoms with Gasteiger partial charge in [0.05, 0.1) is 23.4 Å². The number of hydrogen-bond donors (Lipinski definition) is 1. The van der Waals surface area contributed by atoms with Crippen molar-refractivity contribution in [1.82, 2.24) is 10.2 Å². The van der Waals surface area contributed by atoms with Crippen LogP contribution in [0.2, 0.25) is 0 Å². The monoisotopic (exact) mass is 678 g/mol. The molecule has 1 aliphatic rings. The standard InChI is InChI=1S/C41H34N4O4S/c1-3-5-20-34(4-2)45-40(48)36(25-29-21-23-35(24-22-29)49-27-33-19-13-12-18-32(33)26-42)39(47)44-41(45)50-28-37(46)43-38(30-14-8-6-9-15-30)31-16-10-7-11-17-31/h3-25,38H,1,27-28H2,2H3,(H,43,46)/b20-5-,34-4+,36-25+. The molecule has 1 heterocycles. The Labute approximate surface area is 295 Å². The summed E-state index contributed by atoms with van der Waals surface area (Å²) in [6, 6.07) is 35.2. The third-order valence-corrected chi connectivity index (χ3v) is 8.57. The summed E-state index contributed by atoms with van der Waals surface area (Å²) in [7, 11) is 0. The largest absolute Gasteiger partial charge is 0.489 e. The first kappa shape index (κ1) is 35.1. The van der Waals surface area contributed by atoms with E-state index in [4.69, 9.17) is 4.74 Å². The Morgan fingerprint density at radius 1 is 0.960 bits per heavy atom. The van der Waals surface area contributed by atoms with Gasteiger partial charge in [0, 0.05) is 11.3 Å². The minimum absolute atomic E-state index is 0.0893. The van der Waals surface area contributed by atoms with Crippen molar-refractivity contribution in [2.75, 3.05) is 5.75 Å². The van der Waals surface area contributed by atoms with Gasteiger partial charge < -0.3 is 10.1 Å². The van der Waals surface area contributed by atoms with Crippen LogP contribution in [-0.2, 0) is 21.0 Å². The molecule has 4 aromatic carbocycles. The molecule has 4 aromatic rings. The Kier molecular flexibility index (Phi) is 12.1. The highest BCUT2D eigenvalue weighted by Crippen LogP contribution is 2.28. The highest BCUT2D eigenvalue weighted by Gasteiger charge is 2.35. The zero-order valence-electron chi connectivity index (χ0n) is 27.4. The summed E-state index contributed by atoms with van der Waals surface area (Å²) >= 11 is 1.00. The lowest BCUT2D eigenvalue weighted by atomic mass is 9.99. The lowest BCUT2D eigenvalue weighted by molar-refractivity contribution is -0.126. The lowest BCUT2D eigenvalue weighted by Gasteiger charge is -2.28. The summed E-state index contributed by atoms with van der Waals surface area (Å²) in [5, 5.41) is 12.5. The van der Waals surface area contributed by atoms with Gasteiger partial charge >= 0.3 is 0 Å².